The van der Waals surface area contributed by atoms with Gasteiger partial charge in [0.2, 0.25) is 15.9 Å². The number of aliphatic hydroxyl groups excluding tert-OH is 1. The van der Waals surface area contributed by atoms with Crippen molar-refractivity contribution >= 4 is 21.6 Å². The highest BCUT2D eigenvalue weighted by atomic mass is 32.2. The molecule has 0 saturated heterocycles. The zero-order valence-electron chi connectivity index (χ0n) is 12.9. The maximum atomic E-state index is 12.5. The molecule has 1 aliphatic heterocycles. The van der Waals surface area contributed by atoms with Gasteiger partial charge >= 0.3 is 0 Å². The predicted octanol–water partition coefficient (Wildman–Crippen LogP) is 0.781. The van der Waals surface area contributed by atoms with Crippen molar-refractivity contribution in [1.82, 2.24) is 4.31 Å². The number of benzene rings is 1. The fraction of sp³-hybridized carbons (Fsp3) is 0.533. The Hall–Kier alpha value is -1.44. The van der Waals surface area contributed by atoms with Gasteiger partial charge in [-0.3, -0.25) is 4.79 Å². The van der Waals surface area contributed by atoms with Gasteiger partial charge in [0.25, 0.3) is 0 Å². The van der Waals surface area contributed by atoms with Crippen LogP contribution in [0.2, 0.25) is 0 Å². The van der Waals surface area contributed by atoms with Crippen LogP contribution in [0.1, 0.15) is 25.3 Å². The van der Waals surface area contributed by atoms with E-state index in [1.807, 2.05) is 12.1 Å². The molecule has 0 fully saturated rings. The Bertz CT molecular complexity index is 641. The molecule has 7 heteroatoms. The van der Waals surface area contributed by atoms with E-state index in [2.05, 4.69) is 0 Å². The van der Waals surface area contributed by atoms with E-state index in [1.165, 1.54) is 9.21 Å². The van der Waals surface area contributed by atoms with Gasteiger partial charge in [-0.2, -0.15) is 0 Å². The Kier molecular flexibility index (Phi) is 5.20. The summed E-state index contributed by atoms with van der Waals surface area (Å²) in [5.41, 5.74) is 1.58. The van der Waals surface area contributed by atoms with Gasteiger partial charge in [0.15, 0.2) is 0 Å². The molecule has 0 spiro atoms. The number of carbonyl (C=O) groups excluding carboxylic acids is 1. The zero-order valence-corrected chi connectivity index (χ0v) is 13.7. The van der Waals surface area contributed by atoms with Gasteiger partial charge < -0.3 is 10.0 Å². The summed E-state index contributed by atoms with van der Waals surface area (Å²) in [5.74, 6) is -1.15. The SMILES string of the molecule is CCN(CC)S(=O)(=O)CC(=O)N1CC(CO)c2ccccc21. The fourth-order valence-corrected chi connectivity index (χ4v) is 4.27. The summed E-state index contributed by atoms with van der Waals surface area (Å²) in [5, 5.41) is 9.44. The lowest BCUT2D eigenvalue weighted by Gasteiger charge is -2.22. The normalized spacial score (nSPS) is 17.8. The highest BCUT2D eigenvalue weighted by Gasteiger charge is 2.34. The van der Waals surface area contributed by atoms with Gasteiger partial charge in [0, 0.05) is 31.2 Å². The van der Waals surface area contributed by atoms with E-state index < -0.39 is 21.7 Å². The summed E-state index contributed by atoms with van der Waals surface area (Å²) < 4.78 is 25.8. The first-order valence-corrected chi connectivity index (χ1v) is 9.03. The van der Waals surface area contributed by atoms with Crippen molar-refractivity contribution in [2.24, 2.45) is 0 Å². The minimum absolute atomic E-state index is 0.0659. The van der Waals surface area contributed by atoms with Crippen molar-refractivity contribution in [3.05, 3.63) is 29.8 Å². The summed E-state index contributed by atoms with van der Waals surface area (Å²) in [6.07, 6.45) is 0. The highest BCUT2D eigenvalue weighted by Crippen LogP contribution is 2.35. The Morgan fingerprint density at radius 1 is 1.32 bits per heavy atom. The Morgan fingerprint density at radius 2 is 1.95 bits per heavy atom. The molecule has 0 saturated carbocycles. The van der Waals surface area contributed by atoms with Crippen LogP contribution in [0.4, 0.5) is 5.69 Å². The maximum absolute atomic E-state index is 12.5. The molecule has 1 heterocycles. The predicted molar refractivity (Wildman–Crippen MR) is 85.3 cm³/mol. The molecule has 1 N–H and O–H groups in total. The monoisotopic (exact) mass is 326 g/mol. The number of nitrogens with zero attached hydrogens (tertiary/aromatic N) is 2. The minimum atomic E-state index is -3.61. The number of hydrogen-bond donors (Lipinski definition) is 1. The van der Waals surface area contributed by atoms with Crippen LogP contribution in [-0.4, -0.2) is 55.7 Å². The molecular formula is C15H22N2O4S. The van der Waals surface area contributed by atoms with E-state index in [0.29, 0.717) is 25.3 Å². The number of aliphatic hydroxyl groups is 1. The van der Waals surface area contributed by atoms with Crippen LogP contribution >= 0.6 is 0 Å². The summed E-state index contributed by atoms with van der Waals surface area (Å²) >= 11 is 0. The minimum Gasteiger partial charge on any atom is -0.396 e. The van der Waals surface area contributed by atoms with Gasteiger partial charge in [-0.05, 0) is 11.6 Å². The number of sulfonamides is 1. The summed E-state index contributed by atoms with van der Waals surface area (Å²) in [6, 6.07) is 7.30. The Morgan fingerprint density at radius 3 is 2.55 bits per heavy atom. The highest BCUT2D eigenvalue weighted by molar-refractivity contribution is 7.89. The molecule has 0 bridgehead atoms. The summed E-state index contributed by atoms with van der Waals surface area (Å²) in [6.45, 7) is 4.45. The quantitative estimate of drug-likeness (QED) is 0.838. The number of hydrogen-bond acceptors (Lipinski definition) is 4. The van der Waals surface area contributed by atoms with E-state index in [9.17, 15) is 18.3 Å². The first-order valence-electron chi connectivity index (χ1n) is 7.42. The Balaban J connectivity index is 2.21. The molecular weight excluding hydrogens is 304 g/mol. The molecule has 6 nitrogen and oxygen atoms in total. The first-order chi connectivity index (χ1) is 10.4. The van der Waals surface area contributed by atoms with Gasteiger partial charge in [-0.15, -0.1) is 0 Å². The van der Waals surface area contributed by atoms with Crippen LogP contribution in [0.5, 0.6) is 0 Å². The average Bonchev–Trinajstić information content (AvgIpc) is 2.86. The van der Waals surface area contributed by atoms with Crippen molar-refractivity contribution < 1.29 is 18.3 Å². The van der Waals surface area contributed by atoms with Crippen LogP contribution < -0.4 is 4.90 Å². The molecule has 1 aromatic carbocycles. The molecule has 22 heavy (non-hydrogen) atoms. The third kappa shape index (κ3) is 3.16. The van der Waals surface area contributed by atoms with E-state index in [-0.39, 0.29) is 12.5 Å². The third-order valence-corrected chi connectivity index (χ3v) is 5.91. The molecule has 1 atom stereocenters. The average molecular weight is 326 g/mol. The molecule has 1 aliphatic rings. The Labute approximate surface area is 131 Å². The number of carbonyl (C=O) groups is 1. The van der Waals surface area contributed by atoms with Crippen molar-refractivity contribution in [1.29, 1.82) is 0 Å². The van der Waals surface area contributed by atoms with Gasteiger partial charge in [0.05, 0.1) is 6.61 Å². The molecule has 1 amide bonds. The van der Waals surface area contributed by atoms with Crippen LogP contribution in [0.3, 0.4) is 0 Å². The lowest BCUT2D eigenvalue weighted by atomic mass is 10.0. The first kappa shape index (κ1) is 16.9. The number of amides is 1. The van der Waals surface area contributed by atoms with E-state index in [4.69, 9.17) is 0 Å². The second kappa shape index (κ2) is 6.76. The van der Waals surface area contributed by atoms with Crippen molar-refractivity contribution in [3.8, 4) is 0 Å². The van der Waals surface area contributed by atoms with Crippen LogP contribution in [0.15, 0.2) is 24.3 Å². The van der Waals surface area contributed by atoms with E-state index >= 15 is 0 Å². The number of anilines is 1. The van der Waals surface area contributed by atoms with E-state index in [1.54, 1.807) is 26.0 Å². The second-order valence-electron chi connectivity index (χ2n) is 5.28. The zero-order chi connectivity index (χ0) is 16.3. The molecule has 0 aromatic heterocycles. The second-order valence-corrected chi connectivity index (χ2v) is 7.25. The number of fused-ring (bicyclic) bond motifs is 1. The van der Waals surface area contributed by atoms with E-state index in [0.717, 1.165) is 5.56 Å². The smallest absolute Gasteiger partial charge is 0.243 e. The summed E-state index contributed by atoms with van der Waals surface area (Å²) in [4.78, 5) is 13.9. The van der Waals surface area contributed by atoms with Crippen molar-refractivity contribution in [3.63, 3.8) is 0 Å². The lowest BCUT2D eigenvalue weighted by molar-refractivity contribution is -0.116. The molecule has 2 rings (SSSR count). The largest absolute Gasteiger partial charge is 0.396 e. The molecule has 0 aliphatic carbocycles. The molecule has 1 unspecified atom stereocenters. The van der Waals surface area contributed by atoms with Crippen LogP contribution in [0, 0.1) is 0 Å². The van der Waals surface area contributed by atoms with Gasteiger partial charge in [-0.25, -0.2) is 12.7 Å². The van der Waals surface area contributed by atoms with Crippen LogP contribution in [0.25, 0.3) is 0 Å². The standard InChI is InChI=1S/C15H22N2O4S/c1-3-16(4-2)22(20,21)11-15(19)17-9-12(10-18)13-7-5-6-8-14(13)17/h5-8,12,18H,3-4,9-11H2,1-2H3. The van der Waals surface area contributed by atoms with Crippen LogP contribution in [-0.2, 0) is 14.8 Å². The molecule has 0 radical (unpaired) electrons. The van der Waals surface area contributed by atoms with Gasteiger partial charge in [0.1, 0.15) is 5.75 Å². The topological polar surface area (TPSA) is 77.9 Å². The molecule has 1 aromatic rings. The van der Waals surface area contributed by atoms with Crippen molar-refractivity contribution in [2.75, 3.05) is 36.9 Å². The molecule has 122 valence electrons. The number of rotatable bonds is 6. The fourth-order valence-electron chi connectivity index (χ4n) is 2.83. The maximum Gasteiger partial charge on any atom is 0.243 e. The number of para-hydroxylation sites is 1. The lowest BCUT2D eigenvalue weighted by Crippen LogP contribution is -2.41. The third-order valence-electron chi connectivity index (χ3n) is 4.00. The summed E-state index contributed by atoms with van der Waals surface area (Å²) in [7, 11) is -3.61. The van der Waals surface area contributed by atoms with Crippen molar-refractivity contribution in [2.45, 2.75) is 19.8 Å². The van der Waals surface area contributed by atoms with Gasteiger partial charge in [-0.1, -0.05) is 32.0 Å².